The molecule has 2 aromatic carbocycles. The van der Waals surface area contributed by atoms with Crippen LogP contribution in [0.4, 0.5) is 0 Å². The van der Waals surface area contributed by atoms with Gasteiger partial charge in [0.15, 0.2) is 0 Å². The Bertz CT molecular complexity index is 534. The first-order chi connectivity index (χ1) is 11.2. The van der Waals surface area contributed by atoms with Gasteiger partial charge in [0, 0.05) is 3.57 Å². The molecule has 0 bridgehead atoms. The molecule has 0 saturated heterocycles. The highest BCUT2D eigenvalue weighted by Crippen LogP contribution is 2.13. The third kappa shape index (κ3) is 9.44. The Labute approximate surface area is 154 Å². The average molecular weight is 422 g/mol. The van der Waals surface area contributed by atoms with E-state index in [1.54, 1.807) is 7.11 Å². The highest BCUT2D eigenvalue weighted by atomic mass is 127. The van der Waals surface area contributed by atoms with Crippen LogP contribution in [0.3, 0.4) is 0 Å². The van der Waals surface area contributed by atoms with Crippen molar-refractivity contribution in [1.82, 2.24) is 0 Å². The normalized spacial score (nSPS) is 10.3. The lowest BCUT2D eigenvalue weighted by atomic mass is 10.1. The summed E-state index contributed by atoms with van der Waals surface area (Å²) >= 11 is 2.30. The largest absolute Gasteiger partial charge is 0.497 e. The van der Waals surface area contributed by atoms with E-state index in [0.717, 1.165) is 5.75 Å². The quantitative estimate of drug-likeness (QED) is 0.364. The van der Waals surface area contributed by atoms with Crippen molar-refractivity contribution >= 4 is 28.7 Å². The average Bonchev–Trinajstić information content (AvgIpc) is 2.58. The van der Waals surface area contributed by atoms with Crippen molar-refractivity contribution < 1.29 is 4.74 Å². The van der Waals surface area contributed by atoms with Crippen molar-refractivity contribution in [2.45, 2.75) is 39.5 Å². The van der Waals surface area contributed by atoms with E-state index in [1.807, 2.05) is 12.1 Å². The Hall–Kier alpha value is -1.29. The Kier molecular flexibility index (Phi) is 10.5. The Morgan fingerprint density at radius 2 is 1.61 bits per heavy atom. The number of unbranched alkanes of at least 4 members (excludes halogenated alkanes) is 3. The Morgan fingerprint density at radius 3 is 2.13 bits per heavy atom. The Balaban J connectivity index is 0.000000277. The molecule has 23 heavy (non-hydrogen) atoms. The second-order valence-corrected chi connectivity index (χ2v) is 6.71. The van der Waals surface area contributed by atoms with E-state index in [0.29, 0.717) is 0 Å². The van der Waals surface area contributed by atoms with Gasteiger partial charge in [-0.2, -0.15) is 0 Å². The van der Waals surface area contributed by atoms with Crippen LogP contribution in [0.15, 0.2) is 54.6 Å². The van der Waals surface area contributed by atoms with Gasteiger partial charge in [0.2, 0.25) is 0 Å². The van der Waals surface area contributed by atoms with Gasteiger partial charge in [-0.15, -0.1) is 0 Å². The van der Waals surface area contributed by atoms with Crippen molar-refractivity contribution in [3.05, 3.63) is 69.3 Å². The molecule has 1 nitrogen and oxygen atoms in total. The fraction of sp³-hybridized carbons (Fsp3) is 0.333. The van der Waals surface area contributed by atoms with Gasteiger partial charge < -0.3 is 4.74 Å². The number of rotatable bonds is 6. The zero-order valence-corrected chi connectivity index (χ0v) is 16.5. The molecule has 0 radical (unpaired) electrons. The van der Waals surface area contributed by atoms with E-state index >= 15 is 0 Å². The van der Waals surface area contributed by atoms with Crippen LogP contribution in [0.25, 0.3) is 6.08 Å². The minimum absolute atomic E-state index is 0.915. The van der Waals surface area contributed by atoms with E-state index in [9.17, 15) is 0 Å². The van der Waals surface area contributed by atoms with Gasteiger partial charge in [0.1, 0.15) is 5.75 Å². The lowest BCUT2D eigenvalue weighted by Gasteiger charge is -1.99. The summed E-state index contributed by atoms with van der Waals surface area (Å²) in [7, 11) is 1.69. The highest BCUT2D eigenvalue weighted by Gasteiger charge is 1.89. The summed E-state index contributed by atoms with van der Waals surface area (Å²) in [5.74, 6) is 0.915. The number of aryl methyl sites for hydroxylation is 1. The van der Waals surface area contributed by atoms with Crippen LogP contribution in [0.5, 0.6) is 5.75 Å². The smallest absolute Gasteiger partial charge is 0.118 e. The molecule has 2 heteroatoms. The summed E-state index contributed by atoms with van der Waals surface area (Å²) < 4.78 is 6.40. The molecular formula is C21H27IO. The third-order valence-corrected chi connectivity index (χ3v) is 4.13. The van der Waals surface area contributed by atoms with Crippen LogP contribution in [0.2, 0.25) is 0 Å². The molecule has 0 N–H and O–H groups in total. The van der Waals surface area contributed by atoms with Crippen molar-refractivity contribution in [2.24, 2.45) is 0 Å². The van der Waals surface area contributed by atoms with Crippen LogP contribution in [0, 0.1) is 10.5 Å². The van der Waals surface area contributed by atoms with Crippen LogP contribution in [-0.2, 0) is 0 Å². The lowest BCUT2D eigenvalue weighted by molar-refractivity contribution is 0.415. The van der Waals surface area contributed by atoms with Crippen LogP contribution < -0.4 is 4.74 Å². The van der Waals surface area contributed by atoms with Crippen LogP contribution in [-0.4, -0.2) is 7.11 Å². The van der Waals surface area contributed by atoms with Crippen LogP contribution >= 0.6 is 22.6 Å². The van der Waals surface area contributed by atoms with Gasteiger partial charge in [-0.05, 0) is 72.2 Å². The standard InChI is InChI=1S/C14H20O.C7H7I/c1-3-4-5-6-7-8-13-9-11-14(15-2)12-10-13;1-6-2-4-7(8)5-3-6/h7-12H,3-6H2,1-2H3;2-5H,1H3/b8-7+;. The molecule has 0 fully saturated rings. The minimum Gasteiger partial charge on any atom is -0.497 e. The molecule has 0 heterocycles. The molecule has 2 aromatic rings. The topological polar surface area (TPSA) is 9.23 Å². The Morgan fingerprint density at radius 1 is 0.957 bits per heavy atom. The monoisotopic (exact) mass is 422 g/mol. The summed E-state index contributed by atoms with van der Waals surface area (Å²) in [6.45, 7) is 4.32. The summed E-state index contributed by atoms with van der Waals surface area (Å²) in [6.07, 6.45) is 9.51. The van der Waals surface area contributed by atoms with E-state index in [-0.39, 0.29) is 0 Å². The van der Waals surface area contributed by atoms with Crippen molar-refractivity contribution in [2.75, 3.05) is 7.11 Å². The second kappa shape index (κ2) is 12.2. The molecule has 2 rings (SSSR count). The molecule has 0 aliphatic carbocycles. The van der Waals surface area contributed by atoms with Crippen molar-refractivity contribution in [3.8, 4) is 5.75 Å². The maximum absolute atomic E-state index is 5.10. The van der Waals surface area contributed by atoms with Gasteiger partial charge in [-0.1, -0.05) is 61.7 Å². The molecule has 0 spiro atoms. The predicted octanol–water partition coefficient (Wildman–Crippen LogP) is 6.89. The summed E-state index contributed by atoms with van der Waals surface area (Å²) in [6, 6.07) is 16.6. The fourth-order valence-corrected chi connectivity index (χ4v) is 2.34. The summed E-state index contributed by atoms with van der Waals surface area (Å²) in [5, 5.41) is 0. The number of hydrogen-bond acceptors (Lipinski definition) is 1. The minimum atomic E-state index is 0.915. The fourth-order valence-electron chi connectivity index (χ4n) is 1.98. The number of benzene rings is 2. The van der Waals surface area contributed by atoms with Crippen molar-refractivity contribution in [3.63, 3.8) is 0 Å². The number of ether oxygens (including phenoxy) is 1. The molecule has 0 aliphatic rings. The predicted molar refractivity (Wildman–Crippen MR) is 110 cm³/mol. The van der Waals surface area contributed by atoms with E-state index in [1.165, 1.54) is 40.4 Å². The van der Waals surface area contributed by atoms with Gasteiger partial charge in [-0.25, -0.2) is 0 Å². The molecule has 0 aliphatic heterocycles. The van der Waals surface area contributed by atoms with Gasteiger partial charge in [-0.3, -0.25) is 0 Å². The molecule has 0 aromatic heterocycles. The van der Waals surface area contributed by atoms with Crippen LogP contribution in [0.1, 0.15) is 43.7 Å². The maximum atomic E-state index is 5.10. The van der Waals surface area contributed by atoms with Gasteiger partial charge in [0.05, 0.1) is 7.11 Å². The second-order valence-electron chi connectivity index (χ2n) is 5.47. The molecule has 124 valence electrons. The van der Waals surface area contributed by atoms with E-state index < -0.39 is 0 Å². The molecule has 0 atom stereocenters. The number of allylic oxidation sites excluding steroid dienone is 1. The van der Waals surface area contributed by atoms with E-state index in [4.69, 9.17) is 4.74 Å². The van der Waals surface area contributed by atoms with Gasteiger partial charge >= 0.3 is 0 Å². The maximum Gasteiger partial charge on any atom is 0.118 e. The summed E-state index contributed by atoms with van der Waals surface area (Å²) in [5.41, 5.74) is 2.57. The molecule has 0 amide bonds. The molecule has 0 unspecified atom stereocenters. The zero-order chi connectivity index (χ0) is 16.9. The summed E-state index contributed by atoms with van der Waals surface area (Å²) in [4.78, 5) is 0. The highest BCUT2D eigenvalue weighted by molar-refractivity contribution is 14.1. The third-order valence-electron chi connectivity index (χ3n) is 3.41. The number of halogens is 1. The van der Waals surface area contributed by atoms with E-state index in [2.05, 4.69) is 85.0 Å². The molecule has 0 saturated carbocycles. The van der Waals surface area contributed by atoms with Gasteiger partial charge in [0.25, 0.3) is 0 Å². The first-order valence-electron chi connectivity index (χ1n) is 8.18. The number of hydrogen-bond donors (Lipinski definition) is 0. The lowest BCUT2D eigenvalue weighted by Crippen LogP contribution is -1.81. The first-order valence-corrected chi connectivity index (χ1v) is 9.26. The number of methoxy groups -OCH3 is 1. The molecular weight excluding hydrogens is 395 g/mol. The SMILES string of the molecule is CCCCC/C=C/c1ccc(OC)cc1.Cc1ccc(I)cc1. The zero-order valence-electron chi connectivity index (χ0n) is 14.4. The van der Waals surface area contributed by atoms with Crippen molar-refractivity contribution in [1.29, 1.82) is 0 Å². The first kappa shape index (κ1) is 19.8.